The minimum Gasteiger partial charge on any atom is -0.283 e. The Morgan fingerprint density at radius 1 is 1.00 bits per heavy atom. The highest BCUT2D eigenvalue weighted by Crippen LogP contribution is 2.14. The first-order chi connectivity index (χ1) is 8.20. The Bertz CT molecular complexity index is 490. The fraction of sp³-hybridized carbons (Fsp3) is 1.00. The maximum Gasteiger partial charge on any atom is 0.432 e. The van der Waals surface area contributed by atoms with Gasteiger partial charge in [0.15, 0.2) is 0 Å². The van der Waals surface area contributed by atoms with Crippen LogP contribution in [0.3, 0.4) is 0 Å². The van der Waals surface area contributed by atoms with Crippen LogP contribution in [0, 0.1) is 0 Å². The van der Waals surface area contributed by atoms with E-state index in [1.54, 1.807) is 0 Å². The molecular formula is C5H11NO9S3. The Hall–Kier alpha value is -0.150. The van der Waals surface area contributed by atoms with Gasteiger partial charge in [0.2, 0.25) is 0 Å². The lowest BCUT2D eigenvalue weighted by atomic mass is 10.2. The number of hydrogen-bond donors (Lipinski definition) is 1. The van der Waals surface area contributed by atoms with E-state index in [4.69, 9.17) is 4.55 Å². The number of hydroxylamine groups is 2. The smallest absolute Gasteiger partial charge is 0.283 e. The molecule has 18 heavy (non-hydrogen) atoms. The van der Waals surface area contributed by atoms with Crippen LogP contribution in [0.2, 0.25) is 0 Å². The van der Waals surface area contributed by atoms with Gasteiger partial charge in [0.1, 0.15) is 0 Å². The molecular weight excluding hydrogens is 314 g/mol. The SMILES string of the molecule is O=S(O)OS(=O)(=O)OS(=O)(=O)ON1CCCCC1. The van der Waals surface area contributed by atoms with E-state index in [0.29, 0.717) is 25.9 Å². The number of nitrogens with zero attached hydrogens (tertiary/aromatic N) is 1. The molecule has 0 saturated carbocycles. The first-order valence-electron chi connectivity index (χ1n) is 4.66. The second kappa shape index (κ2) is 6.33. The molecule has 1 saturated heterocycles. The van der Waals surface area contributed by atoms with Crippen LogP contribution in [-0.4, -0.2) is 43.7 Å². The molecule has 1 atom stereocenters. The molecule has 0 amide bonds. The summed E-state index contributed by atoms with van der Waals surface area (Å²) in [6.45, 7) is 0.602. The van der Waals surface area contributed by atoms with Crippen molar-refractivity contribution >= 4 is 32.2 Å². The van der Waals surface area contributed by atoms with Gasteiger partial charge in [0, 0.05) is 13.1 Å². The van der Waals surface area contributed by atoms with Gasteiger partial charge in [-0.25, -0.2) is 0 Å². The van der Waals surface area contributed by atoms with Crippen LogP contribution in [-0.2, 0) is 43.7 Å². The molecule has 0 spiro atoms. The van der Waals surface area contributed by atoms with Crippen LogP contribution < -0.4 is 0 Å². The van der Waals surface area contributed by atoms with Crippen LogP contribution in [0.25, 0.3) is 0 Å². The lowest BCUT2D eigenvalue weighted by Crippen LogP contribution is -2.34. The van der Waals surface area contributed by atoms with Gasteiger partial charge >= 0.3 is 32.2 Å². The van der Waals surface area contributed by atoms with E-state index in [1.165, 1.54) is 0 Å². The topological polar surface area (TPSA) is 137 Å². The maximum atomic E-state index is 11.2. The van der Waals surface area contributed by atoms with Crippen LogP contribution in [0.15, 0.2) is 0 Å². The number of rotatable bonds is 6. The van der Waals surface area contributed by atoms with E-state index in [1.807, 2.05) is 0 Å². The number of piperidine rings is 1. The van der Waals surface area contributed by atoms with Gasteiger partial charge in [-0.15, -0.1) is 3.63 Å². The molecule has 0 aromatic carbocycles. The molecule has 1 fully saturated rings. The summed E-state index contributed by atoms with van der Waals surface area (Å²) in [6.07, 6.45) is 2.30. The average Bonchev–Trinajstić information content (AvgIpc) is 2.13. The summed E-state index contributed by atoms with van der Waals surface area (Å²) in [4.78, 5) is 0. The Labute approximate surface area is 107 Å². The zero-order valence-electron chi connectivity index (χ0n) is 8.92. The molecule has 0 aromatic rings. The summed E-state index contributed by atoms with van der Waals surface area (Å²) in [5, 5.41) is 1.02. The van der Waals surface area contributed by atoms with E-state index in [2.05, 4.69) is 11.5 Å². The Morgan fingerprint density at radius 3 is 2.06 bits per heavy atom. The van der Waals surface area contributed by atoms with E-state index >= 15 is 0 Å². The average molecular weight is 325 g/mol. The molecule has 0 aromatic heterocycles. The van der Waals surface area contributed by atoms with Gasteiger partial charge in [0.25, 0.3) is 0 Å². The van der Waals surface area contributed by atoms with Crippen molar-refractivity contribution < 1.29 is 37.1 Å². The predicted octanol–water partition coefficient (Wildman–Crippen LogP) is -0.937. The molecule has 1 heterocycles. The summed E-state index contributed by atoms with van der Waals surface area (Å²) >= 11 is -3.22. The van der Waals surface area contributed by atoms with Gasteiger partial charge in [-0.2, -0.15) is 30.4 Å². The third-order valence-corrected chi connectivity index (χ3v) is 4.68. The van der Waals surface area contributed by atoms with Gasteiger partial charge in [0.05, 0.1) is 0 Å². The molecule has 0 aliphatic carbocycles. The minimum atomic E-state index is -5.18. The van der Waals surface area contributed by atoms with E-state index in [-0.39, 0.29) is 0 Å². The monoisotopic (exact) mass is 325 g/mol. The Morgan fingerprint density at radius 2 is 1.56 bits per heavy atom. The van der Waals surface area contributed by atoms with Crippen molar-refractivity contribution in [2.75, 3.05) is 13.1 Å². The molecule has 0 radical (unpaired) electrons. The number of hydrogen-bond acceptors (Lipinski definition) is 9. The molecule has 1 unspecified atom stereocenters. The van der Waals surface area contributed by atoms with Crippen LogP contribution in [0.1, 0.15) is 19.3 Å². The maximum absolute atomic E-state index is 11.2. The molecule has 10 nitrogen and oxygen atoms in total. The third kappa shape index (κ3) is 6.14. The summed E-state index contributed by atoms with van der Waals surface area (Å²) in [7, 11) is -10.1. The summed E-state index contributed by atoms with van der Waals surface area (Å²) in [5.74, 6) is 0. The molecule has 13 heteroatoms. The fourth-order valence-corrected chi connectivity index (χ4v) is 3.45. The van der Waals surface area contributed by atoms with Gasteiger partial charge < -0.3 is 0 Å². The second-order valence-corrected chi connectivity index (χ2v) is 6.54. The standard InChI is InChI=1S/C5H11NO9S3/c7-16(8)14-18(11,12)15-17(9,10)13-6-4-2-1-3-5-6/h1-5H2,(H,7,8). The first-order valence-corrected chi connectivity index (χ1v) is 8.36. The summed E-state index contributed by atoms with van der Waals surface area (Å²) in [5.41, 5.74) is 0. The molecule has 1 rings (SSSR count). The van der Waals surface area contributed by atoms with Gasteiger partial charge in [-0.05, 0) is 12.8 Å². The quantitative estimate of drug-likeness (QED) is 0.609. The highest BCUT2D eigenvalue weighted by molar-refractivity contribution is 7.99. The van der Waals surface area contributed by atoms with Crippen LogP contribution in [0.4, 0.5) is 0 Å². The van der Waals surface area contributed by atoms with Crippen molar-refractivity contribution in [2.24, 2.45) is 0 Å². The highest BCUT2D eigenvalue weighted by Gasteiger charge is 2.30. The highest BCUT2D eigenvalue weighted by atomic mass is 32.3. The third-order valence-electron chi connectivity index (χ3n) is 1.82. The zero-order chi connectivity index (χ0) is 13.8. The molecule has 1 aliphatic heterocycles. The molecule has 108 valence electrons. The van der Waals surface area contributed by atoms with Crippen molar-refractivity contribution in [3.05, 3.63) is 0 Å². The van der Waals surface area contributed by atoms with Gasteiger partial charge in [-0.1, -0.05) is 10.1 Å². The minimum absolute atomic E-state index is 0.301. The van der Waals surface area contributed by atoms with Crippen molar-refractivity contribution in [3.63, 3.8) is 0 Å². The van der Waals surface area contributed by atoms with E-state index in [0.717, 1.165) is 11.5 Å². The Kier molecular flexibility index (Phi) is 5.60. The van der Waals surface area contributed by atoms with E-state index in [9.17, 15) is 21.0 Å². The van der Waals surface area contributed by atoms with E-state index < -0.39 is 32.2 Å². The Balaban J connectivity index is 2.61. The molecule has 1 N–H and O–H groups in total. The second-order valence-electron chi connectivity index (χ2n) is 3.23. The zero-order valence-corrected chi connectivity index (χ0v) is 11.4. The lowest BCUT2D eigenvalue weighted by Gasteiger charge is -2.23. The van der Waals surface area contributed by atoms with Crippen molar-refractivity contribution in [1.29, 1.82) is 0 Å². The summed E-state index contributed by atoms with van der Waals surface area (Å²) in [6, 6.07) is 0. The lowest BCUT2D eigenvalue weighted by molar-refractivity contribution is -0.0730. The fourth-order valence-electron chi connectivity index (χ4n) is 1.27. The predicted molar refractivity (Wildman–Crippen MR) is 57.3 cm³/mol. The van der Waals surface area contributed by atoms with Crippen molar-refractivity contribution in [1.82, 2.24) is 5.06 Å². The largest absolute Gasteiger partial charge is 0.432 e. The normalized spacial score (nSPS) is 20.7. The van der Waals surface area contributed by atoms with Crippen molar-refractivity contribution in [2.45, 2.75) is 19.3 Å². The van der Waals surface area contributed by atoms with Gasteiger partial charge in [-0.3, -0.25) is 4.55 Å². The van der Waals surface area contributed by atoms with Crippen LogP contribution in [0.5, 0.6) is 0 Å². The molecule has 1 aliphatic rings. The van der Waals surface area contributed by atoms with Crippen LogP contribution >= 0.6 is 0 Å². The summed E-state index contributed by atoms with van der Waals surface area (Å²) < 4.78 is 73.5. The molecule has 0 bridgehead atoms. The van der Waals surface area contributed by atoms with Crippen molar-refractivity contribution in [3.8, 4) is 0 Å². The first kappa shape index (κ1) is 15.9.